The van der Waals surface area contributed by atoms with Crippen molar-refractivity contribution in [2.45, 2.75) is 0 Å². The average Bonchev–Trinajstić information content (AvgIpc) is 2.60. The first-order chi connectivity index (χ1) is 11.6. The van der Waals surface area contributed by atoms with Crippen LogP contribution in [0.15, 0.2) is 54.6 Å². The summed E-state index contributed by atoms with van der Waals surface area (Å²) in [4.78, 5) is 24.7. The van der Waals surface area contributed by atoms with Gasteiger partial charge in [-0.15, -0.1) is 0 Å². The van der Waals surface area contributed by atoms with Crippen molar-refractivity contribution < 1.29 is 19.1 Å². The summed E-state index contributed by atoms with van der Waals surface area (Å²) < 4.78 is 9.78. The summed E-state index contributed by atoms with van der Waals surface area (Å²) in [5.41, 5.74) is 0.964. The molecule has 0 unspecified atom stereocenters. The summed E-state index contributed by atoms with van der Waals surface area (Å²) in [7, 11) is 1.25. The maximum atomic E-state index is 12.3. The second-order valence-electron chi connectivity index (χ2n) is 4.59. The highest BCUT2D eigenvalue weighted by atomic mass is 16.6. The molecule has 0 aliphatic heterocycles. The predicted molar refractivity (Wildman–Crippen MR) is 87.9 cm³/mol. The van der Waals surface area contributed by atoms with Crippen LogP contribution in [0.1, 0.15) is 0 Å². The second kappa shape index (κ2) is 8.19. The van der Waals surface area contributed by atoms with E-state index in [1.165, 1.54) is 18.1 Å². The summed E-state index contributed by atoms with van der Waals surface area (Å²) in [6, 6.07) is 16.9. The Kier molecular flexibility index (Phi) is 5.75. The minimum absolute atomic E-state index is 0.150. The number of hydrogen-bond acceptors (Lipinski definition) is 5. The normalized spacial score (nSPS) is 9.50. The lowest BCUT2D eigenvalue weighted by molar-refractivity contribution is 0.187. The van der Waals surface area contributed by atoms with E-state index in [-0.39, 0.29) is 12.3 Å². The Hall–Kier alpha value is -3.53. The van der Waals surface area contributed by atoms with Crippen LogP contribution in [-0.4, -0.2) is 25.8 Å². The summed E-state index contributed by atoms with van der Waals surface area (Å²) in [6.45, 7) is -0.150. The Morgan fingerprint density at radius 2 is 1.92 bits per heavy atom. The number of anilines is 2. The third-order valence-electron chi connectivity index (χ3n) is 2.99. The van der Waals surface area contributed by atoms with Gasteiger partial charge in [-0.2, -0.15) is 5.26 Å². The fourth-order valence-electron chi connectivity index (χ4n) is 1.90. The molecule has 0 radical (unpaired) electrons. The molecular weight excluding hydrogens is 310 g/mol. The van der Waals surface area contributed by atoms with Crippen molar-refractivity contribution in [3.8, 4) is 11.8 Å². The Balaban J connectivity index is 2.14. The molecule has 0 spiro atoms. The van der Waals surface area contributed by atoms with E-state index in [0.717, 1.165) is 0 Å². The minimum Gasteiger partial charge on any atom is -0.453 e. The van der Waals surface area contributed by atoms with Gasteiger partial charge in [-0.3, -0.25) is 10.2 Å². The van der Waals surface area contributed by atoms with Crippen LogP contribution >= 0.6 is 0 Å². The summed E-state index contributed by atoms with van der Waals surface area (Å²) in [5.74, 6) is 0.229. The van der Waals surface area contributed by atoms with Gasteiger partial charge in [-0.25, -0.2) is 9.59 Å². The SMILES string of the molecule is COC(=O)Nc1cccc(OC(=O)N(CC#N)c2ccccc2)c1. The maximum Gasteiger partial charge on any atom is 0.420 e. The van der Waals surface area contributed by atoms with Crippen LogP contribution in [0.4, 0.5) is 21.0 Å². The van der Waals surface area contributed by atoms with Crippen LogP contribution in [0.3, 0.4) is 0 Å². The number of nitrogens with one attached hydrogen (secondary N) is 1. The van der Waals surface area contributed by atoms with Crippen LogP contribution in [0.5, 0.6) is 5.75 Å². The van der Waals surface area contributed by atoms with E-state index >= 15 is 0 Å². The lowest BCUT2D eigenvalue weighted by Crippen LogP contribution is -2.33. The van der Waals surface area contributed by atoms with Gasteiger partial charge in [0.25, 0.3) is 0 Å². The first-order valence-electron chi connectivity index (χ1n) is 7.00. The molecule has 122 valence electrons. The lowest BCUT2D eigenvalue weighted by Gasteiger charge is -2.19. The van der Waals surface area contributed by atoms with Crippen molar-refractivity contribution in [2.24, 2.45) is 0 Å². The number of nitrogens with zero attached hydrogens (tertiary/aromatic N) is 2. The number of hydrogen-bond donors (Lipinski definition) is 1. The van der Waals surface area contributed by atoms with E-state index in [4.69, 9.17) is 10.00 Å². The number of carbonyl (C=O) groups excluding carboxylic acids is 2. The standard InChI is InChI=1S/C17H15N3O4/c1-23-16(21)19-13-6-5-9-15(12-13)24-17(22)20(11-10-18)14-7-3-2-4-8-14/h2-9,12H,11H2,1H3,(H,19,21). The molecule has 7 heteroatoms. The number of ether oxygens (including phenoxy) is 2. The number of nitriles is 1. The lowest BCUT2D eigenvalue weighted by atomic mass is 10.3. The zero-order valence-electron chi connectivity index (χ0n) is 12.9. The van der Waals surface area contributed by atoms with Crippen molar-refractivity contribution in [1.29, 1.82) is 5.26 Å². The molecular formula is C17H15N3O4. The summed E-state index contributed by atoms with van der Waals surface area (Å²) >= 11 is 0. The van der Waals surface area contributed by atoms with Gasteiger partial charge in [0, 0.05) is 17.4 Å². The van der Waals surface area contributed by atoms with Crippen molar-refractivity contribution in [1.82, 2.24) is 0 Å². The third-order valence-corrected chi connectivity index (χ3v) is 2.99. The van der Waals surface area contributed by atoms with Crippen LogP contribution in [-0.2, 0) is 4.74 Å². The number of rotatable bonds is 4. The van der Waals surface area contributed by atoms with Gasteiger partial charge in [0.2, 0.25) is 0 Å². The Labute approximate surface area is 139 Å². The molecule has 2 aromatic rings. The van der Waals surface area contributed by atoms with E-state index in [2.05, 4.69) is 10.1 Å². The van der Waals surface area contributed by atoms with E-state index in [0.29, 0.717) is 11.4 Å². The molecule has 2 rings (SSSR count). The van der Waals surface area contributed by atoms with Gasteiger partial charge in [0.1, 0.15) is 12.3 Å². The van der Waals surface area contributed by atoms with Gasteiger partial charge < -0.3 is 9.47 Å². The zero-order valence-corrected chi connectivity index (χ0v) is 12.9. The maximum absolute atomic E-state index is 12.3. The van der Waals surface area contributed by atoms with E-state index in [9.17, 15) is 9.59 Å². The van der Waals surface area contributed by atoms with Crippen LogP contribution in [0, 0.1) is 11.3 Å². The highest BCUT2D eigenvalue weighted by Crippen LogP contribution is 2.20. The molecule has 0 atom stereocenters. The predicted octanol–water partition coefficient (Wildman–Crippen LogP) is 3.39. The largest absolute Gasteiger partial charge is 0.453 e. The molecule has 2 amide bonds. The van der Waals surface area contributed by atoms with E-state index in [1.54, 1.807) is 48.5 Å². The van der Waals surface area contributed by atoms with Gasteiger partial charge in [-0.1, -0.05) is 24.3 Å². The number of benzene rings is 2. The Bertz CT molecular complexity index is 756. The molecule has 0 fully saturated rings. The molecule has 24 heavy (non-hydrogen) atoms. The monoisotopic (exact) mass is 325 g/mol. The zero-order chi connectivity index (χ0) is 17.4. The number of methoxy groups -OCH3 is 1. The summed E-state index contributed by atoms with van der Waals surface area (Å²) in [5, 5.41) is 11.4. The van der Waals surface area contributed by atoms with Crippen molar-refractivity contribution >= 4 is 23.6 Å². The molecule has 0 saturated carbocycles. The minimum atomic E-state index is -0.696. The smallest absolute Gasteiger partial charge is 0.420 e. The molecule has 0 bridgehead atoms. The Morgan fingerprint density at radius 3 is 2.58 bits per heavy atom. The van der Waals surface area contributed by atoms with Crippen LogP contribution in [0.25, 0.3) is 0 Å². The topological polar surface area (TPSA) is 91.7 Å². The molecule has 0 aliphatic carbocycles. The molecule has 0 saturated heterocycles. The van der Waals surface area contributed by atoms with Crippen LogP contribution in [0.2, 0.25) is 0 Å². The van der Waals surface area contributed by atoms with Gasteiger partial charge >= 0.3 is 12.2 Å². The Morgan fingerprint density at radius 1 is 1.17 bits per heavy atom. The number of amides is 2. The van der Waals surface area contributed by atoms with E-state index in [1.807, 2.05) is 6.07 Å². The fraction of sp³-hybridized carbons (Fsp3) is 0.118. The highest BCUT2D eigenvalue weighted by Gasteiger charge is 2.17. The van der Waals surface area contributed by atoms with Crippen molar-refractivity contribution in [3.63, 3.8) is 0 Å². The van der Waals surface area contributed by atoms with Crippen molar-refractivity contribution in [3.05, 3.63) is 54.6 Å². The van der Waals surface area contributed by atoms with E-state index < -0.39 is 12.2 Å². The summed E-state index contributed by atoms with van der Waals surface area (Å²) in [6.07, 6.45) is -1.33. The fourth-order valence-corrected chi connectivity index (χ4v) is 1.90. The average molecular weight is 325 g/mol. The first-order valence-corrected chi connectivity index (χ1v) is 7.00. The van der Waals surface area contributed by atoms with Crippen LogP contribution < -0.4 is 15.0 Å². The molecule has 0 heterocycles. The molecule has 0 aromatic heterocycles. The first kappa shape index (κ1) is 16.8. The van der Waals surface area contributed by atoms with Gasteiger partial charge in [0.05, 0.1) is 13.2 Å². The molecule has 1 N–H and O–H groups in total. The third kappa shape index (κ3) is 4.48. The quantitative estimate of drug-likeness (QED) is 0.870. The molecule has 2 aromatic carbocycles. The number of carbonyl (C=O) groups is 2. The molecule has 7 nitrogen and oxygen atoms in total. The number of para-hydroxylation sites is 1. The van der Waals surface area contributed by atoms with Gasteiger partial charge in [0.15, 0.2) is 0 Å². The highest BCUT2D eigenvalue weighted by molar-refractivity contribution is 5.90. The molecule has 0 aliphatic rings. The second-order valence-corrected chi connectivity index (χ2v) is 4.59. The van der Waals surface area contributed by atoms with Gasteiger partial charge in [-0.05, 0) is 24.3 Å². The van der Waals surface area contributed by atoms with Crippen molar-refractivity contribution in [2.75, 3.05) is 23.9 Å².